The highest BCUT2D eigenvalue weighted by Gasteiger charge is 2.15. The number of hydrogen-bond donors (Lipinski definition) is 4. The van der Waals surface area contributed by atoms with E-state index in [2.05, 4.69) is 35.5 Å². The molecule has 4 rings (SSSR count). The van der Waals surface area contributed by atoms with Crippen molar-refractivity contribution >= 4 is 62.0 Å². The van der Waals surface area contributed by atoms with Crippen LogP contribution in [0.3, 0.4) is 0 Å². The van der Waals surface area contributed by atoms with Gasteiger partial charge in [-0.15, -0.1) is 0 Å². The molecule has 0 saturated carbocycles. The van der Waals surface area contributed by atoms with Gasteiger partial charge in [-0.1, -0.05) is 23.7 Å². The fourth-order valence-electron chi connectivity index (χ4n) is 3.63. The zero-order chi connectivity index (χ0) is 24.8. The van der Waals surface area contributed by atoms with Crippen molar-refractivity contribution in [3.05, 3.63) is 59.8 Å². The van der Waals surface area contributed by atoms with Crippen molar-refractivity contribution in [1.29, 1.82) is 0 Å². The Hall–Kier alpha value is -3.41. The van der Waals surface area contributed by atoms with Gasteiger partial charge in [0.25, 0.3) is 0 Å². The third-order valence-electron chi connectivity index (χ3n) is 5.21. The van der Waals surface area contributed by atoms with Gasteiger partial charge >= 0.3 is 0 Å². The third kappa shape index (κ3) is 7.28. The number of hydrogen-bond acceptors (Lipinski definition) is 8. The molecule has 0 bridgehead atoms. The Morgan fingerprint density at radius 3 is 2.34 bits per heavy atom. The number of anilines is 6. The number of benzene rings is 2. The lowest BCUT2D eigenvalue weighted by atomic mass is 10.2. The topological polar surface area (TPSA) is 128 Å². The molecule has 0 spiro atoms. The van der Waals surface area contributed by atoms with E-state index in [-0.39, 0.29) is 16.9 Å². The summed E-state index contributed by atoms with van der Waals surface area (Å²) < 4.78 is 25.8. The lowest BCUT2D eigenvalue weighted by molar-refractivity contribution is -0.117. The maximum atomic E-state index is 12.2. The molecule has 0 unspecified atom stereocenters. The van der Waals surface area contributed by atoms with Crippen molar-refractivity contribution in [2.24, 2.45) is 0 Å². The molecule has 10 nitrogen and oxygen atoms in total. The van der Waals surface area contributed by atoms with Crippen LogP contribution < -0.4 is 20.7 Å². The first-order chi connectivity index (χ1) is 16.7. The molecule has 35 heavy (non-hydrogen) atoms. The third-order valence-corrected chi connectivity index (χ3v) is 6.08. The summed E-state index contributed by atoms with van der Waals surface area (Å²) in [6, 6.07) is 14.0. The number of nitrogens with zero attached hydrogens (tertiary/aromatic N) is 3. The summed E-state index contributed by atoms with van der Waals surface area (Å²) >= 11 is 6.27. The lowest BCUT2D eigenvalue weighted by Crippen LogP contribution is -2.30. The molecule has 1 fully saturated rings. The van der Waals surface area contributed by atoms with Crippen LogP contribution >= 0.6 is 11.6 Å². The predicted molar refractivity (Wildman–Crippen MR) is 139 cm³/mol. The SMILES string of the molecule is CS(=O)(=O)Nc1ccccc1Nc1nc(Nc2ccc(NC(=O)CN3CCCC3)cc2)ncc1Cl. The average molecular weight is 516 g/mol. The van der Waals surface area contributed by atoms with Crippen molar-refractivity contribution in [1.82, 2.24) is 14.9 Å². The molecule has 1 amide bonds. The van der Waals surface area contributed by atoms with Crippen LogP contribution in [-0.4, -0.2) is 55.1 Å². The molecule has 3 aromatic rings. The van der Waals surface area contributed by atoms with Crippen LogP contribution in [-0.2, 0) is 14.8 Å². The molecule has 1 aliphatic rings. The molecule has 1 aromatic heterocycles. The minimum Gasteiger partial charge on any atom is -0.337 e. The van der Waals surface area contributed by atoms with E-state index < -0.39 is 10.0 Å². The Morgan fingerprint density at radius 2 is 1.66 bits per heavy atom. The first-order valence-corrected chi connectivity index (χ1v) is 13.3. The monoisotopic (exact) mass is 515 g/mol. The van der Waals surface area contributed by atoms with Crippen LogP contribution in [0, 0.1) is 0 Å². The van der Waals surface area contributed by atoms with E-state index in [4.69, 9.17) is 11.6 Å². The van der Waals surface area contributed by atoms with Gasteiger partial charge in [0.15, 0.2) is 5.82 Å². The van der Waals surface area contributed by atoms with Crippen molar-refractivity contribution in [2.45, 2.75) is 12.8 Å². The Bertz CT molecular complexity index is 1300. The van der Waals surface area contributed by atoms with Gasteiger partial charge in [0.1, 0.15) is 5.02 Å². The highest BCUT2D eigenvalue weighted by Crippen LogP contribution is 2.29. The van der Waals surface area contributed by atoms with Gasteiger partial charge in [0.2, 0.25) is 21.9 Å². The molecule has 4 N–H and O–H groups in total. The number of halogens is 1. The van der Waals surface area contributed by atoms with Crippen molar-refractivity contribution in [3.63, 3.8) is 0 Å². The number of para-hydroxylation sites is 2. The maximum absolute atomic E-state index is 12.2. The average Bonchev–Trinajstić information content (AvgIpc) is 3.30. The van der Waals surface area contributed by atoms with Crippen LogP contribution in [0.2, 0.25) is 5.02 Å². The first kappa shape index (κ1) is 24.7. The van der Waals surface area contributed by atoms with E-state index in [9.17, 15) is 13.2 Å². The quantitative estimate of drug-likeness (QED) is 0.336. The van der Waals surface area contributed by atoms with E-state index in [1.807, 2.05) is 12.1 Å². The summed E-state index contributed by atoms with van der Waals surface area (Å²) in [6.45, 7) is 2.33. The van der Waals surface area contributed by atoms with Crippen molar-refractivity contribution in [2.75, 3.05) is 46.6 Å². The summed E-state index contributed by atoms with van der Waals surface area (Å²) in [6.07, 6.45) is 4.80. The molecule has 1 aliphatic heterocycles. The molecule has 12 heteroatoms. The van der Waals surface area contributed by atoms with Gasteiger partial charge in [-0.25, -0.2) is 13.4 Å². The molecule has 0 radical (unpaired) electrons. The van der Waals surface area contributed by atoms with Crippen LogP contribution in [0.4, 0.5) is 34.5 Å². The number of sulfonamides is 1. The molecule has 1 saturated heterocycles. The minimum atomic E-state index is -3.47. The number of carbonyl (C=O) groups is 1. The van der Waals surface area contributed by atoms with Gasteiger partial charge < -0.3 is 16.0 Å². The van der Waals surface area contributed by atoms with Gasteiger partial charge in [-0.3, -0.25) is 14.4 Å². The standard InChI is InChI=1S/C23H26ClN7O3S/c1-35(33,34)30-20-7-3-2-6-19(20)28-22-18(24)14-25-23(29-22)27-17-10-8-16(9-11-17)26-21(32)15-31-12-4-5-13-31/h2-3,6-11,14,30H,4-5,12-13,15H2,1H3,(H,26,32)(H2,25,27,28,29). The van der Waals surface area contributed by atoms with Crippen LogP contribution in [0.1, 0.15) is 12.8 Å². The van der Waals surface area contributed by atoms with Gasteiger partial charge in [-0.05, 0) is 62.3 Å². The number of aromatic nitrogens is 2. The summed E-state index contributed by atoms with van der Waals surface area (Å²) in [5.41, 5.74) is 2.27. The lowest BCUT2D eigenvalue weighted by Gasteiger charge is -2.15. The first-order valence-electron chi connectivity index (χ1n) is 11.0. The van der Waals surface area contributed by atoms with Crippen LogP contribution in [0.15, 0.2) is 54.7 Å². The Kier molecular flexibility index (Phi) is 7.69. The Balaban J connectivity index is 1.41. The highest BCUT2D eigenvalue weighted by molar-refractivity contribution is 7.92. The second kappa shape index (κ2) is 10.9. The number of likely N-dealkylation sites (tertiary alicyclic amines) is 1. The molecular formula is C23H26ClN7O3S. The maximum Gasteiger partial charge on any atom is 0.238 e. The second-order valence-corrected chi connectivity index (χ2v) is 10.3. The van der Waals surface area contributed by atoms with E-state index in [0.29, 0.717) is 29.4 Å². The summed E-state index contributed by atoms with van der Waals surface area (Å²) in [7, 11) is -3.47. The molecule has 0 atom stereocenters. The zero-order valence-electron chi connectivity index (χ0n) is 19.1. The van der Waals surface area contributed by atoms with E-state index in [1.165, 1.54) is 6.20 Å². The van der Waals surface area contributed by atoms with E-state index in [0.717, 1.165) is 37.9 Å². The fourth-order valence-corrected chi connectivity index (χ4v) is 4.35. The minimum absolute atomic E-state index is 0.0324. The van der Waals surface area contributed by atoms with Crippen LogP contribution in [0.5, 0.6) is 0 Å². The number of rotatable bonds is 9. The molecule has 0 aliphatic carbocycles. The molecule has 184 valence electrons. The zero-order valence-corrected chi connectivity index (χ0v) is 20.7. The van der Waals surface area contributed by atoms with Gasteiger partial charge in [0, 0.05) is 11.4 Å². The smallest absolute Gasteiger partial charge is 0.238 e. The predicted octanol–water partition coefficient (Wildman–Crippen LogP) is 4.02. The second-order valence-electron chi connectivity index (χ2n) is 8.17. The van der Waals surface area contributed by atoms with Gasteiger partial charge in [0.05, 0.1) is 30.4 Å². The Morgan fingerprint density at radius 1 is 1.00 bits per heavy atom. The van der Waals surface area contributed by atoms with E-state index in [1.54, 1.807) is 36.4 Å². The largest absolute Gasteiger partial charge is 0.337 e. The summed E-state index contributed by atoms with van der Waals surface area (Å²) in [5.74, 6) is 0.559. The van der Waals surface area contributed by atoms with Gasteiger partial charge in [-0.2, -0.15) is 4.98 Å². The number of amides is 1. The number of nitrogens with one attached hydrogen (secondary N) is 4. The van der Waals surface area contributed by atoms with Crippen molar-refractivity contribution < 1.29 is 13.2 Å². The van der Waals surface area contributed by atoms with Crippen molar-refractivity contribution in [3.8, 4) is 0 Å². The number of carbonyl (C=O) groups excluding carboxylic acids is 1. The molecule has 2 aromatic carbocycles. The molecule has 2 heterocycles. The molecular weight excluding hydrogens is 490 g/mol. The Labute approximate surface area is 209 Å². The summed E-state index contributed by atoms with van der Waals surface area (Å²) in [5, 5.41) is 9.32. The van der Waals surface area contributed by atoms with E-state index >= 15 is 0 Å². The fraction of sp³-hybridized carbons (Fsp3) is 0.261. The van der Waals surface area contributed by atoms with Crippen LogP contribution in [0.25, 0.3) is 0 Å². The highest BCUT2D eigenvalue weighted by atomic mass is 35.5. The normalized spacial score (nSPS) is 13.9. The summed E-state index contributed by atoms with van der Waals surface area (Å²) in [4.78, 5) is 23.0.